The molecule has 7 heteroatoms. The monoisotopic (exact) mass is 369 g/mol. The summed E-state index contributed by atoms with van der Waals surface area (Å²) < 4.78 is 1.64. The van der Waals surface area contributed by atoms with Crippen molar-refractivity contribution in [1.29, 1.82) is 0 Å². The van der Waals surface area contributed by atoms with Crippen LogP contribution in [0, 0.1) is 6.92 Å². The van der Waals surface area contributed by atoms with Crippen LogP contribution >= 0.6 is 0 Å². The van der Waals surface area contributed by atoms with Gasteiger partial charge < -0.3 is 10.6 Å². The molecule has 2 heterocycles. The molecule has 1 aliphatic rings. The van der Waals surface area contributed by atoms with E-state index in [2.05, 4.69) is 21.0 Å². The summed E-state index contributed by atoms with van der Waals surface area (Å²) >= 11 is 0. The third kappa shape index (κ3) is 4.36. The standard InChI is InChI=1S/C20H27N5O2/c1-4-15-12-18(26)23-20(21-15)25-17(11-13(3)24-25)22-19(27)16(5-2)14-9-7-6-8-10-14/h6-11,15-16,20-21H,4-5,12H2,1-3H3,(H,22,27)(H,23,26). The first kappa shape index (κ1) is 19.1. The maximum Gasteiger partial charge on any atom is 0.233 e. The number of aromatic nitrogens is 2. The van der Waals surface area contributed by atoms with Crippen LogP contribution < -0.4 is 16.0 Å². The zero-order valence-electron chi connectivity index (χ0n) is 16.0. The number of benzene rings is 1. The van der Waals surface area contributed by atoms with E-state index >= 15 is 0 Å². The number of carbonyl (C=O) groups excluding carboxylic acids is 2. The van der Waals surface area contributed by atoms with E-state index in [1.165, 1.54) is 0 Å². The van der Waals surface area contributed by atoms with Crippen molar-refractivity contribution in [2.75, 3.05) is 5.32 Å². The Kier molecular flexibility index (Phi) is 5.91. The third-order valence-electron chi connectivity index (χ3n) is 4.90. The molecular weight excluding hydrogens is 342 g/mol. The number of nitrogens with zero attached hydrogens (tertiary/aromatic N) is 2. The lowest BCUT2D eigenvalue weighted by Gasteiger charge is -2.32. The number of rotatable bonds is 6. The van der Waals surface area contributed by atoms with E-state index in [-0.39, 0.29) is 23.8 Å². The van der Waals surface area contributed by atoms with Crippen LogP contribution in [0.5, 0.6) is 0 Å². The van der Waals surface area contributed by atoms with E-state index in [1.807, 2.05) is 57.2 Å². The van der Waals surface area contributed by atoms with E-state index < -0.39 is 6.29 Å². The van der Waals surface area contributed by atoms with Gasteiger partial charge in [0.15, 0.2) is 6.29 Å². The van der Waals surface area contributed by atoms with E-state index in [1.54, 1.807) is 4.68 Å². The molecule has 27 heavy (non-hydrogen) atoms. The topological polar surface area (TPSA) is 88.1 Å². The summed E-state index contributed by atoms with van der Waals surface area (Å²) in [5, 5.41) is 13.7. The van der Waals surface area contributed by atoms with Crippen LogP contribution in [-0.4, -0.2) is 27.6 Å². The van der Waals surface area contributed by atoms with Crippen LogP contribution in [0.2, 0.25) is 0 Å². The van der Waals surface area contributed by atoms with Crippen molar-refractivity contribution in [2.45, 2.75) is 58.3 Å². The van der Waals surface area contributed by atoms with E-state index in [9.17, 15) is 9.59 Å². The van der Waals surface area contributed by atoms with Crippen LogP contribution in [0.25, 0.3) is 0 Å². The van der Waals surface area contributed by atoms with Gasteiger partial charge in [-0.1, -0.05) is 44.2 Å². The summed E-state index contributed by atoms with van der Waals surface area (Å²) in [7, 11) is 0. The minimum atomic E-state index is -0.475. The van der Waals surface area contributed by atoms with Crippen LogP contribution in [0.4, 0.5) is 5.82 Å². The number of anilines is 1. The Bertz CT molecular complexity index is 802. The average Bonchev–Trinajstić information content (AvgIpc) is 3.03. The Morgan fingerprint density at radius 2 is 2.07 bits per heavy atom. The predicted molar refractivity (Wildman–Crippen MR) is 104 cm³/mol. The van der Waals surface area contributed by atoms with Crippen molar-refractivity contribution < 1.29 is 9.59 Å². The first-order valence-electron chi connectivity index (χ1n) is 9.49. The van der Waals surface area contributed by atoms with Gasteiger partial charge in [0.05, 0.1) is 11.6 Å². The molecule has 7 nitrogen and oxygen atoms in total. The number of hydrogen-bond acceptors (Lipinski definition) is 4. The number of hydrogen-bond donors (Lipinski definition) is 3. The Morgan fingerprint density at radius 1 is 1.33 bits per heavy atom. The van der Waals surface area contributed by atoms with Crippen LogP contribution in [0.1, 0.15) is 56.6 Å². The van der Waals surface area contributed by atoms with Crippen molar-refractivity contribution in [3.05, 3.63) is 47.7 Å². The molecule has 1 aliphatic heterocycles. The van der Waals surface area contributed by atoms with Crippen molar-refractivity contribution in [1.82, 2.24) is 20.4 Å². The highest BCUT2D eigenvalue weighted by atomic mass is 16.2. The molecule has 2 amide bonds. The maximum absolute atomic E-state index is 12.9. The summed E-state index contributed by atoms with van der Waals surface area (Å²) in [6.07, 6.45) is 1.51. The molecule has 0 radical (unpaired) electrons. The minimum absolute atomic E-state index is 0.0215. The zero-order valence-corrected chi connectivity index (χ0v) is 16.0. The summed E-state index contributed by atoms with van der Waals surface area (Å²) in [5.74, 6) is 0.222. The second-order valence-electron chi connectivity index (χ2n) is 6.92. The quantitative estimate of drug-likeness (QED) is 0.730. The fourth-order valence-electron chi connectivity index (χ4n) is 3.43. The lowest BCUT2D eigenvalue weighted by Crippen LogP contribution is -2.53. The van der Waals surface area contributed by atoms with Gasteiger partial charge in [0.25, 0.3) is 0 Å². The van der Waals surface area contributed by atoms with E-state index in [4.69, 9.17) is 0 Å². The van der Waals surface area contributed by atoms with Gasteiger partial charge in [-0.15, -0.1) is 0 Å². The van der Waals surface area contributed by atoms with Crippen molar-refractivity contribution in [2.24, 2.45) is 0 Å². The minimum Gasteiger partial charge on any atom is -0.322 e. The fourth-order valence-corrected chi connectivity index (χ4v) is 3.43. The van der Waals surface area contributed by atoms with Crippen molar-refractivity contribution in [3.8, 4) is 0 Å². The molecule has 2 aromatic rings. The summed E-state index contributed by atoms with van der Waals surface area (Å²) in [5.41, 5.74) is 1.75. The van der Waals surface area contributed by atoms with Gasteiger partial charge in [-0.05, 0) is 25.3 Å². The van der Waals surface area contributed by atoms with Crippen LogP contribution in [0.3, 0.4) is 0 Å². The molecular formula is C20H27N5O2. The lowest BCUT2D eigenvalue weighted by molar-refractivity contribution is -0.125. The Labute approximate surface area is 159 Å². The molecule has 1 aromatic carbocycles. The number of amides is 2. The molecule has 1 fully saturated rings. The van der Waals surface area contributed by atoms with Gasteiger partial charge >= 0.3 is 0 Å². The normalized spacial score (nSPS) is 20.8. The smallest absolute Gasteiger partial charge is 0.233 e. The molecule has 1 saturated heterocycles. The molecule has 3 N–H and O–H groups in total. The maximum atomic E-state index is 12.9. The number of aryl methyl sites for hydroxylation is 1. The molecule has 144 valence electrons. The number of nitrogens with one attached hydrogen (secondary N) is 3. The molecule has 1 aromatic heterocycles. The Morgan fingerprint density at radius 3 is 2.74 bits per heavy atom. The third-order valence-corrected chi connectivity index (χ3v) is 4.90. The molecule has 0 saturated carbocycles. The van der Waals surface area contributed by atoms with Gasteiger partial charge in [0.2, 0.25) is 11.8 Å². The number of carbonyl (C=O) groups is 2. The predicted octanol–water partition coefficient (Wildman–Crippen LogP) is 2.67. The van der Waals surface area contributed by atoms with Crippen molar-refractivity contribution in [3.63, 3.8) is 0 Å². The largest absolute Gasteiger partial charge is 0.322 e. The summed E-state index contributed by atoms with van der Waals surface area (Å²) in [4.78, 5) is 24.9. The van der Waals surface area contributed by atoms with Crippen LogP contribution in [-0.2, 0) is 9.59 Å². The molecule has 0 aliphatic carbocycles. The highest BCUT2D eigenvalue weighted by Crippen LogP contribution is 2.23. The fraction of sp³-hybridized carbons (Fsp3) is 0.450. The molecule has 3 atom stereocenters. The van der Waals surface area contributed by atoms with E-state index in [0.717, 1.165) is 17.7 Å². The average molecular weight is 369 g/mol. The summed E-state index contributed by atoms with van der Waals surface area (Å²) in [6.45, 7) is 5.90. The second kappa shape index (κ2) is 8.35. The van der Waals surface area contributed by atoms with Gasteiger partial charge in [-0.2, -0.15) is 5.10 Å². The Hall–Kier alpha value is -2.67. The van der Waals surface area contributed by atoms with Crippen molar-refractivity contribution >= 4 is 17.6 Å². The lowest BCUT2D eigenvalue weighted by atomic mass is 9.96. The molecule has 3 rings (SSSR count). The molecule has 0 spiro atoms. The Balaban J connectivity index is 1.81. The molecule has 3 unspecified atom stereocenters. The first-order valence-corrected chi connectivity index (χ1v) is 9.49. The van der Waals surface area contributed by atoms with Gasteiger partial charge in [0.1, 0.15) is 5.82 Å². The van der Waals surface area contributed by atoms with Crippen LogP contribution in [0.15, 0.2) is 36.4 Å². The summed E-state index contributed by atoms with van der Waals surface area (Å²) in [6, 6.07) is 11.6. The second-order valence-corrected chi connectivity index (χ2v) is 6.92. The zero-order chi connectivity index (χ0) is 19.4. The first-order chi connectivity index (χ1) is 13.0. The highest BCUT2D eigenvalue weighted by molar-refractivity contribution is 5.95. The SMILES string of the molecule is CCC1CC(=O)NC(n2nc(C)cc2NC(=O)C(CC)c2ccccc2)N1. The van der Waals surface area contributed by atoms with Gasteiger partial charge in [-0.25, -0.2) is 4.68 Å². The highest BCUT2D eigenvalue weighted by Gasteiger charge is 2.29. The van der Waals surface area contributed by atoms with E-state index in [0.29, 0.717) is 18.7 Å². The molecule has 0 bridgehead atoms. The van der Waals surface area contributed by atoms with Gasteiger partial charge in [0, 0.05) is 18.5 Å². The van der Waals surface area contributed by atoms with Gasteiger partial charge in [-0.3, -0.25) is 14.9 Å².